The maximum Gasteiger partial charge on any atom is 0.267 e. The predicted octanol–water partition coefficient (Wildman–Crippen LogP) is 3.97. The summed E-state index contributed by atoms with van der Waals surface area (Å²) < 4.78 is 3.96. The fraction of sp³-hybridized carbons (Fsp3) is 0.0952. The summed E-state index contributed by atoms with van der Waals surface area (Å²) in [5.74, 6) is 0.857. The number of nitrogen functional groups attached to an aromatic ring is 1. The highest BCUT2D eigenvalue weighted by molar-refractivity contribution is 14.1. The highest BCUT2D eigenvalue weighted by atomic mass is 127. The molecule has 0 aliphatic rings. The van der Waals surface area contributed by atoms with Gasteiger partial charge in [0, 0.05) is 0 Å². The van der Waals surface area contributed by atoms with Crippen LogP contribution in [0.2, 0.25) is 5.02 Å². The summed E-state index contributed by atoms with van der Waals surface area (Å²) in [7, 11) is 0. The highest BCUT2D eigenvalue weighted by Crippen LogP contribution is 2.29. The SMILES string of the molecule is CC(c1nc2cccc(Cl)c2c(=O)n1-c1ccccc1)n1nc(I)c2c(N)ncnc21. The summed E-state index contributed by atoms with van der Waals surface area (Å²) in [5.41, 5.74) is 7.58. The molecule has 5 aromatic rings. The van der Waals surface area contributed by atoms with E-state index in [2.05, 4.69) is 37.7 Å². The summed E-state index contributed by atoms with van der Waals surface area (Å²) in [6, 6.07) is 14.1. The van der Waals surface area contributed by atoms with Gasteiger partial charge in [-0.2, -0.15) is 5.10 Å². The maximum atomic E-state index is 13.6. The monoisotopic (exact) mass is 543 g/mol. The lowest BCUT2D eigenvalue weighted by atomic mass is 10.2. The lowest BCUT2D eigenvalue weighted by Crippen LogP contribution is -2.27. The van der Waals surface area contributed by atoms with Gasteiger partial charge in [0.25, 0.3) is 5.56 Å². The molecule has 0 radical (unpaired) electrons. The average Bonchev–Trinajstić information content (AvgIpc) is 3.11. The molecular formula is C21H15ClIN7O. The maximum absolute atomic E-state index is 13.6. The number of para-hydroxylation sites is 1. The Balaban J connectivity index is 1.85. The fourth-order valence-electron chi connectivity index (χ4n) is 3.65. The van der Waals surface area contributed by atoms with Crippen molar-refractivity contribution in [1.82, 2.24) is 29.3 Å². The molecule has 1 atom stereocenters. The normalized spacial score (nSPS) is 12.5. The van der Waals surface area contributed by atoms with Crippen molar-refractivity contribution >= 4 is 61.9 Å². The van der Waals surface area contributed by atoms with Crippen LogP contribution in [0.25, 0.3) is 27.6 Å². The standard InChI is InChI=1S/C21H15ClIN7O/c1-11(30-20-16(17(23)28-30)18(24)25-10-26-20)19-27-14-9-5-8-13(22)15(14)21(31)29(19)12-6-3-2-4-7-12/h2-11H,1H3,(H2,24,25,26). The van der Waals surface area contributed by atoms with Crippen molar-refractivity contribution < 1.29 is 0 Å². The van der Waals surface area contributed by atoms with Crippen molar-refractivity contribution in [3.8, 4) is 5.69 Å². The third-order valence-corrected chi connectivity index (χ3v) is 6.17. The van der Waals surface area contributed by atoms with E-state index in [1.807, 2.05) is 37.3 Å². The van der Waals surface area contributed by atoms with E-state index < -0.39 is 6.04 Å². The number of nitrogens with zero attached hydrogens (tertiary/aromatic N) is 6. The number of rotatable bonds is 3. The Morgan fingerprint density at radius 1 is 1.06 bits per heavy atom. The number of aromatic nitrogens is 6. The van der Waals surface area contributed by atoms with Gasteiger partial charge in [0.2, 0.25) is 0 Å². The molecule has 3 aromatic heterocycles. The minimum atomic E-state index is -0.434. The summed E-state index contributed by atoms with van der Waals surface area (Å²) in [6.45, 7) is 1.92. The fourth-order valence-corrected chi connectivity index (χ4v) is 4.65. The van der Waals surface area contributed by atoms with E-state index in [1.54, 1.807) is 27.4 Å². The van der Waals surface area contributed by atoms with E-state index in [1.165, 1.54) is 6.33 Å². The largest absolute Gasteiger partial charge is 0.383 e. The zero-order valence-electron chi connectivity index (χ0n) is 16.2. The van der Waals surface area contributed by atoms with Crippen molar-refractivity contribution in [1.29, 1.82) is 0 Å². The molecule has 3 heterocycles. The van der Waals surface area contributed by atoms with Crippen LogP contribution in [0, 0.1) is 3.70 Å². The molecule has 0 bridgehead atoms. The summed E-state index contributed by atoms with van der Waals surface area (Å²) in [6.07, 6.45) is 1.40. The van der Waals surface area contributed by atoms with E-state index in [0.29, 0.717) is 48.0 Å². The molecule has 2 aromatic carbocycles. The molecule has 2 N–H and O–H groups in total. The number of hydrogen-bond donors (Lipinski definition) is 1. The van der Waals surface area contributed by atoms with Crippen molar-refractivity contribution in [2.75, 3.05) is 5.73 Å². The van der Waals surface area contributed by atoms with Crippen LogP contribution in [0.1, 0.15) is 18.8 Å². The molecule has 31 heavy (non-hydrogen) atoms. The minimum Gasteiger partial charge on any atom is -0.383 e. The number of benzene rings is 2. The molecule has 0 aliphatic heterocycles. The van der Waals surface area contributed by atoms with Crippen molar-refractivity contribution in [2.45, 2.75) is 13.0 Å². The predicted molar refractivity (Wildman–Crippen MR) is 129 cm³/mol. The highest BCUT2D eigenvalue weighted by Gasteiger charge is 2.24. The number of fused-ring (bicyclic) bond motifs is 2. The zero-order chi connectivity index (χ0) is 21.7. The second-order valence-electron chi connectivity index (χ2n) is 6.95. The van der Waals surface area contributed by atoms with E-state index >= 15 is 0 Å². The molecule has 0 spiro atoms. The smallest absolute Gasteiger partial charge is 0.267 e. The van der Waals surface area contributed by atoms with Gasteiger partial charge in [-0.05, 0) is 53.8 Å². The topological polar surface area (TPSA) is 105 Å². The van der Waals surface area contributed by atoms with Crippen molar-refractivity contribution in [3.63, 3.8) is 0 Å². The van der Waals surface area contributed by atoms with Gasteiger partial charge in [-0.25, -0.2) is 19.6 Å². The Morgan fingerprint density at radius 2 is 1.84 bits per heavy atom. The molecule has 1 unspecified atom stereocenters. The van der Waals surface area contributed by atoms with E-state index in [9.17, 15) is 4.79 Å². The van der Waals surface area contributed by atoms with Crippen LogP contribution in [0.15, 0.2) is 59.7 Å². The van der Waals surface area contributed by atoms with Crippen LogP contribution in [0.3, 0.4) is 0 Å². The third kappa shape index (κ3) is 3.15. The summed E-state index contributed by atoms with van der Waals surface area (Å²) >= 11 is 8.47. The molecule has 10 heteroatoms. The molecule has 0 aliphatic carbocycles. The van der Waals surface area contributed by atoms with Crippen molar-refractivity contribution in [2.24, 2.45) is 0 Å². The van der Waals surface area contributed by atoms with Crippen LogP contribution >= 0.6 is 34.2 Å². The Hall–Kier alpha value is -3.05. The van der Waals surface area contributed by atoms with Gasteiger partial charge < -0.3 is 5.73 Å². The first-order valence-corrected chi connectivity index (χ1v) is 10.8. The van der Waals surface area contributed by atoms with Gasteiger partial charge in [-0.1, -0.05) is 35.9 Å². The Bertz CT molecular complexity index is 1510. The first kappa shape index (κ1) is 19.9. The first-order chi connectivity index (χ1) is 15.0. The molecular weight excluding hydrogens is 529 g/mol. The summed E-state index contributed by atoms with van der Waals surface area (Å²) in [5, 5.41) is 6.03. The molecule has 5 rings (SSSR count). The van der Waals surface area contributed by atoms with Crippen LogP contribution in [0.5, 0.6) is 0 Å². The van der Waals surface area contributed by atoms with Crippen LogP contribution in [0.4, 0.5) is 5.82 Å². The molecule has 0 saturated carbocycles. The van der Waals surface area contributed by atoms with E-state index in [-0.39, 0.29) is 5.56 Å². The van der Waals surface area contributed by atoms with Gasteiger partial charge in [-0.15, -0.1) is 0 Å². The summed E-state index contributed by atoms with van der Waals surface area (Å²) in [4.78, 5) is 26.9. The molecule has 0 amide bonds. The van der Waals surface area contributed by atoms with E-state index in [4.69, 9.17) is 22.3 Å². The Kier molecular flexibility index (Phi) is 4.86. The zero-order valence-corrected chi connectivity index (χ0v) is 19.1. The average molecular weight is 544 g/mol. The lowest BCUT2D eigenvalue weighted by Gasteiger charge is -2.19. The van der Waals surface area contributed by atoms with Gasteiger partial charge in [0.1, 0.15) is 27.7 Å². The van der Waals surface area contributed by atoms with Crippen LogP contribution in [-0.4, -0.2) is 29.3 Å². The van der Waals surface area contributed by atoms with Gasteiger partial charge in [-0.3, -0.25) is 9.36 Å². The van der Waals surface area contributed by atoms with Gasteiger partial charge in [0.05, 0.1) is 27.0 Å². The van der Waals surface area contributed by atoms with Gasteiger partial charge >= 0.3 is 0 Å². The number of hydrogen-bond acceptors (Lipinski definition) is 6. The molecule has 0 saturated heterocycles. The molecule has 154 valence electrons. The van der Waals surface area contributed by atoms with Crippen LogP contribution < -0.4 is 11.3 Å². The second-order valence-corrected chi connectivity index (χ2v) is 8.38. The Labute approximate surface area is 194 Å². The lowest BCUT2D eigenvalue weighted by molar-refractivity contribution is 0.532. The minimum absolute atomic E-state index is 0.246. The molecule has 8 nitrogen and oxygen atoms in total. The second kappa shape index (κ2) is 7.57. The first-order valence-electron chi connectivity index (χ1n) is 9.38. The van der Waals surface area contributed by atoms with Crippen LogP contribution in [-0.2, 0) is 0 Å². The van der Waals surface area contributed by atoms with Crippen molar-refractivity contribution in [3.05, 3.63) is 79.8 Å². The molecule has 0 fully saturated rings. The van der Waals surface area contributed by atoms with E-state index in [0.717, 1.165) is 0 Å². The number of nitrogens with two attached hydrogens (primary N) is 1. The number of anilines is 1. The Morgan fingerprint density at radius 3 is 2.61 bits per heavy atom. The van der Waals surface area contributed by atoms with Gasteiger partial charge in [0.15, 0.2) is 5.65 Å². The third-order valence-electron chi connectivity index (χ3n) is 5.10. The number of halogens is 2. The quantitative estimate of drug-likeness (QED) is 0.345.